The molecule has 0 aliphatic heterocycles. The van der Waals surface area contributed by atoms with E-state index in [0.717, 1.165) is 43.2 Å². The van der Waals surface area contributed by atoms with Gasteiger partial charge in [-0.05, 0) is 104 Å². The first kappa shape index (κ1) is 22.6. The van der Waals surface area contributed by atoms with Gasteiger partial charge in [0.1, 0.15) is 0 Å². The summed E-state index contributed by atoms with van der Waals surface area (Å²) in [5, 5.41) is 13.1. The lowest BCUT2D eigenvalue weighted by molar-refractivity contribution is -0.138. The van der Waals surface area contributed by atoms with E-state index in [4.69, 9.17) is 10.8 Å². The van der Waals surface area contributed by atoms with Gasteiger partial charge in [-0.25, -0.2) is 0 Å². The number of nitrogens with two attached hydrogens (primary N) is 1. The van der Waals surface area contributed by atoms with Crippen molar-refractivity contribution in [1.29, 1.82) is 0 Å². The summed E-state index contributed by atoms with van der Waals surface area (Å²) in [4.78, 5) is 11.1. The van der Waals surface area contributed by atoms with Crippen LogP contribution < -0.4 is 11.1 Å². The maximum atomic E-state index is 11.1. The molecule has 1 unspecified atom stereocenters. The smallest absolute Gasteiger partial charge is 0.303 e. The third kappa shape index (κ3) is 3.64. The largest absolute Gasteiger partial charge is 0.481 e. The Morgan fingerprint density at radius 3 is 2.63 bits per heavy atom. The van der Waals surface area contributed by atoms with E-state index in [1.54, 1.807) is 0 Å². The zero-order valence-electron chi connectivity index (χ0n) is 19.7. The summed E-state index contributed by atoms with van der Waals surface area (Å²) in [5.74, 6) is 4.09. The van der Waals surface area contributed by atoms with Gasteiger partial charge < -0.3 is 16.2 Å². The number of nitrogens with one attached hydrogen (secondary N) is 1. The summed E-state index contributed by atoms with van der Waals surface area (Å²) in [6.45, 7) is 9.25. The second-order valence-corrected chi connectivity index (χ2v) is 11.9. The number of aliphatic carboxylic acids is 1. The van der Waals surface area contributed by atoms with Crippen LogP contribution in [-0.2, 0) is 4.79 Å². The number of carbonyl (C=O) groups is 1. The Bertz CT molecular complexity index is 624. The first-order valence-corrected chi connectivity index (χ1v) is 13.0. The molecule has 4 aliphatic carbocycles. The first-order chi connectivity index (χ1) is 14.3. The van der Waals surface area contributed by atoms with Gasteiger partial charge in [0.15, 0.2) is 0 Å². The van der Waals surface area contributed by atoms with Crippen LogP contribution in [0.25, 0.3) is 0 Å². The fourth-order valence-corrected chi connectivity index (χ4v) is 9.45. The van der Waals surface area contributed by atoms with Crippen LogP contribution in [0.5, 0.6) is 0 Å². The fourth-order valence-electron chi connectivity index (χ4n) is 9.45. The van der Waals surface area contributed by atoms with Gasteiger partial charge in [0.05, 0.1) is 0 Å². The lowest BCUT2D eigenvalue weighted by Gasteiger charge is -2.63. The van der Waals surface area contributed by atoms with Crippen molar-refractivity contribution in [3.63, 3.8) is 0 Å². The summed E-state index contributed by atoms with van der Waals surface area (Å²) in [6, 6.07) is 0.642. The molecular weight excluding hydrogens is 372 g/mol. The van der Waals surface area contributed by atoms with E-state index in [1.165, 1.54) is 57.8 Å². The second kappa shape index (κ2) is 8.73. The van der Waals surface area contributed by atoms with Crippen molar-refractivity contribution >= 4 is 5.97 Å². The monoisotopic (exact) mass is 418 g/mol. The SMILES string of the molecule is C[C@H](CCC(=O)O)[C@H]1CC[C@H]2[C@@H]3CC[C@@H]4CCCC(NCCN)[C@]4(C)[C@H]3CC[C@]12C. The van der Waals surface area contributed by atoms with E-state index >= 15 is 0 Å². The zero-order chi connectivity index (χ0) is 21.5. The van der Waals surface area contributed by atoms with E-state index in [2.05, 4.69) is 26.1 Å². The van der Waals surface area contributed by atoms with Crippen molar-refractivity contribution in [3.05, 3.63) is 0 Å². The van der Waals surface area contributed by atoms with Gasteiger partial charge in [0.25, 0.3) is 0 Å². The highest BCUT2D eigenvalue weighted by Crippen LogP contribution is 2.68. The third-order valence-corrected chi connectivity index (χ3v) is 10.9. The average molecular weight is 419 g/mol. The maximum absolute atomic E-state index is 11.1. The number of rotatable bonds is 7. The minimum Gasteiger partial charge on any atom is -0.481 e. The summed E-state index contributed by atoms with van der Waals surface area (Å²) >= 11 is 0. The molecule has 0 amide bonds. The molecule has 0 radical (unpaired) electrons. The molecule has 0 bridgehead atoms. The molecule has 4 fully saturated rings. The molecule has 0 aromatic carbocycles. The van der Waals surface area contributed by atoms with Gasteiger partial charge in [-0.15, -0.1) is 0 Å². The van der Waals surface area contributed by atoms with Crippen LogP contribution in [0.3, 0.4) is 0 Å². The quantitative estimate of drug-likeness (QED) is 0.540. The molecule has 0 spiro atoms. The topological polar surface area (TPSA) is 75.3 Å². The Hall–Kier alpha value is -0.610. The summed E-state index contributed by atoms with van der Waals surface area (Å²) in [5.41, 5.74) is 6.73. The Morgan fingerprint density at radius 2 is 1.90 bits per heavy atom. The molecule has 30 heavy (non-hydrogen) atoms. The highest BCUT2D eigenvalue weighted by Gasteiger charge is 2.61. The van der Waals surface area contributed by atoms with Crippen molar-refractivity contribution in [2.24, 2.45) is 52.1 Å². The van der Waals surface area contributed by atoms with Gasteiger partial charge in [0, 0.05) is 25.6 Å². The lowest BCUT2D eigenvalue weighted by atomic mass is 9.43. The van der Waals surface area contributed by atoms with Gasteiger partial charge in [0.2, 0.25) is 0 Å². The molecule has 0 aromatic rings. The molecule has 0 aromatic heterocycles. The minimum atomic E-state index is -0.634. The number of hydrogen-bond donors (Lipinski definition) is 3. The van der Waals surface area contributed by atoms with E-state index in [-0.39, 0.29) is 0 Å². The van der Waals surface area contributed by atoms with E-state index in [0.29, 0.717) is 35.1 Å². The minimum absolute atomic E-state index is 0.332. The Balaban J connectivity index is 1.53. The van der Waals surface area contributed by atoms with Crippen LogP contribution in [0, 0.1) is 46.3 Å². The van der Waals surface area contributed by atoms with Crippen LogP contribution in [0.1, 0.15) is 91.4 Å². The van der Waals surface area contributed by atoms with Crippen molar-refractivity contribution in [1.82, 2.24) is 5.32 Å². The predicted molar refractivity (Wildman–Crippen MR) is 122 cm³/mol. The third-order valence-electron chi connectivity index (χ3n) is 10.9. The number of fused-ring (bicyclic) bond motifs is 5. The van der Waals surface area contributed by atoms with Gasteiger partial charge in [-0.2, -0.15) is 0 Å². The lowest BCUT2D eigenvalue weighted by Crippen LogP contribution is -2.61. The zero-order valence-corrected chi connectivity index (χ0v) is 19.7. The highest BCUT2D eigenvalue weighted by molar-refractivity contribution is 5.66. The molecule has 4 nitrogen and oxygen atoms in total. The molecule has 4 rings (SSSR count). The Morgan fingerprint density at radius 1 is 1.10 bits per heavy atom. The van der Waals surface area contributed by atoms with Crippen LogP contribution >= 0.6 is 0 Å². The van der Waals surface area contributed by atoms with E-state index in [1.807, 2.05) is 0 Å². The van der Waals surface area contributed by atoms with Crippen molar-refractivity contribution < 1.29 is 9.90 Å². The Kier molecular flexibility index (Phi) is 6.57. The van der Waals surface area contributed by atoms with Gasteiger partial charge >= 0.3 is 5.97 Å². The van der Waals surface area contributed by atoms with E-state index in [9.17, 15) is 4.79 Å². The molecule has 9 atom stereocenters. The summed E-state index contributed by atoms with van der Waals surface area (Å²) < 4.78 is 0. The normalized spacial score (nSPS) is 46.5. The fraction of sp³-hybridized carbons (Fsp3) is 0.962. The molecule has 0 heterocycles. The molecule has 4 saturated carbocycles. The number of carboxylic acid groups (broad SMARTS) is 1. The van der Waals surface area contributed by atoms with Crippen LogP contribution in [0.15, 0.2) is 0 Å². The summed E-state index contributed by atoms with van der Waals surface area (Å²) in [6.07, 6.45) is 13.6. The standard InChI is InChI=1S/C26H46N2O2/c1-17(7-12-24(29)30)20-10-11-21-19-9-8-18-5-4-6-23(28-16-15-27)26(18,3)22(19)13-14-25(20,21)2/h17-23,28H,4-16,27H2,1-3H3,(H,29,30)/t17-,18+,19+,20-,21+,22+,23?,25-,26+/m1/s1. The van der Waals surface area contributed by atoms with Gasteiger partial charge in [-0.1, -0.05) is 27.2 Å². The molecule has 172 valence electrons. The molecule has 0 saturated heterocycles. The number of carboxylic acids is 1. The van der Waals surface area contributed by atoms with Crippen molar-refractivity contribution in [3.8, 4) is 0 Å². The molecule has 4 N–H and O–H groups in total. The predicted octanol–water partition coefficient (Wildman–Crippen LogP) is 5.06. The van der Waals surface area contributed by atoms with Crippen LogP contribution in [0.2, 0.25) is 0 Å². The Labute approximate surface area is 184 Å². The first-order valence-electron chi connectivity index (χ1n) is 13.0. The van der Waals surface area contributed by atoms with Crippen LogP contribution in [-0.4, -0.2) is 30.2 Å². The average Bonchev–Trinajstić information content (AvgIpc) is 3.07. The van der Waals surface area contributed by atoms with Crippen molar-refractivity contribution in [2.75, 3.05) is 13.1 Å². The molecular formula is C26H46N2O2. The summed E-state index contributed by atoms with van der Waals surface area (Å²) in [7, 11) is 0. The number of hydrogen-bond acceptors (Lipinski definition) is 3. The van der Waals surface area contributed by atoms with Crippen molar-refractivity contribution in [2.45, 2.75) is 97.4 Å². The second-order valence-electron chi connectivity index (χ2n) is 11.9. The maximum Gasteiger partial charge on any atom is 0.303 e. The molecule has 4 aliphatic rings. The van der Waals surface area contributed by atoms with Crippen LogP contribution in [0.4, 0.5) is 0 Å². The molecule has 4 heteroatoms. The highest BCUT2D eigenvalue weighted by atomic mass is 16.4. The van der Waals surface area contributed by atoms with E-state index < -0.39 is 5.97 Å². The van der Waals surface area contributed by atoms with Gasteiger partial charge in [-0.3, -0.25) is 4.79 Å².